The number of pyridine rings is 1. The minimum atomic E-state index is -0.579. The quantitative estimate of drug-likeness (QED) is 0.338. The average molecular weight is 550 g/mol. The maximum Gasteiger partial charge on any atom is 0.407 e. The maximum atomic E-state index is 12.0. The van der Waals surface area contributed by atoms with Gasteiger partial charge in [-0.1, -0.05) is 12.1 Å². The fraction of sp³-hybridized carbons (Fsp3) is 0.448. The van der Waals surface area contributed by atoms with E-state index in [1.54, 1.807) is 12.3 Å². The largest absolute Gasteiger partial charge is 0.460 e. The normalized spacial score (nSPS) is 11.7. The van der Waals surface area contributed by atoms with Crippen LogP contribution in [0.2, 0.25) is 0 Å². The van der Waals surface area contributed by atoms with Crippen molar-refractivity contribution in [3.05, 3.63) is 60.2 Å². The maximum absolute atomic E-state index is 12.0. The van der Waals surface area contributed by atoms with Gasteiger partial charge in [0, 0.05) is 30.5 Å². The van der Waals surface area contributed by atoms with Crippen LogP contribution in [-0.4, -0.2) is 61.7 Å². The standard InChI is InChI=1S/C29H39N7O4/c1-28(2,3)39-24(37)12-14-36(7)18-20-9-8-10-22(15-20)34-26-33-19-32-25(35-26)21-11-13-30-23(16-21)17-31-27(38)40-29(4,5)6/h8-11,13,15-16,19H,12,14,17-18H2,1-7H3,(H,31,38)(H,32,33,34,35). The van der Waals surface area contributed by atoms with Crippen molar-refractivity contribution in [3.63, 3.8) is 0 Å². The topological polar surface area (TPSA) is 131 Å². The van der Waals surface area contributed by atoms with Crippen molar-refractivity contribution in [2.24, 2.45) is 0 Å². The first-order valence-electron chi connectivity index (χ1n) is 13.1. The first kappa shape index (κ1) is 30.4. The minimum Gasteiger partial charge on any atom is -0.460 e. The summed E-state index contributed by atoms with van der Waals surface area (Å²) in [4.78, 5) is 43.5. The van der Waals surface area contributed by atoms with Gasteiger partial charge in [-0.05, 0) is 78.4 Å². The van der Waals surface area contributed by atoms with Gasteiger partial charge in [-0.3, -0.25) is 9.78 Å². The Balaban J connectivity index is 1.60. The molecule has 0 spiro atoms. The molecule has 2 N–H and O–H groups in total. The Labute approximate surface area is 235 Å². The third kappa shape index (κ3) is 10.9. The Kier molecular flexibility index (Phi) is 10.1. The molecule has 0 fully saturated rings. The van der Waals surface area contributed by atoms with Gasteiger partial charge in [-0.15, -0.1) is 0 Å². The summed E-state index contributed by atoms with van der Waals surface area (Å²) in [6.45, 7) is 12.5. The van der Waals surface area contributed by atoms with Gasteiger partial charge in [-0.25, -0.2) is 14.8 Å². The minimum absolute atomic E-state index is 0.206. The molecule has 3 rings (SSSR count). The van der Waals surface area contributed by atoms with Crippen molar-refractivity contribution in [1.29, 1.82) is 0 Å². The summed E-state index contributed by atoms with van der Waals surface area (Å²) < 4.78 is 10.7. The van der Waals surface area contributed by atoms with Crippen LogP contribution >= 0.6 is 0 Å². The van der Waals surface area contributed by atoms with Gasteiger partial charge in [0.15, 0.2) is 5.82 Å². The number of hydrogen-bond donors (Lipinski definition) is 2. The van der Waals surface area contributed by atoms with Crippen molar-refractivity contribution in [1.82, 2.24) is 30.2 Å². The third-order valence-electron chi connectivity index (χ3n) is 5.21. The number of aromatic nitrogens is 4. The zero-order chi connectivity index (χ0) is 29.3. The predicted molar refractivity (Wildman–Crippen MR) is 153 cm³/mol. The van der Waals surface area contributed by atoms with Gasteiger partial charge in [0.25, 0.3) is 0 Å². The average Bonchev–Trinajstić information content (AvgIpc) is 2.85. The lowest BCUT2D eigenvalue weighted by molar-refractivity contribution is -0.155. The highest BCUT2D eigenvalue weighted by Crippen LogP contribution is 2.20. The molecule has 0 saturated heterocycles. The summed E-state index contributed by atoms with van der Waals surface area (Å²) in [5.74, 6) is 0.656. The fourth-order valence-corrected chi connectivity index (χ4v) is 3.63. The van der Waals surface area contributed by atoms with E-state index in [4.69, 9.17) is 9.47 Å². The van der Waals surface area contributed by atoms with E-state index in [0.29, 0.717) is 37.0 Å². The number of anilines is 2. The number of rotatable bonds is 10. The van der Waals surface area contributed by atoms with Crippen LogP contribution in [0.25, 0.3) is 11.4 Å². The number of benzene rings is 1. The molecule has 0 aliphatic heterocycles. The van der Waals surface area contributed by atoms with Crippen LogP contribution in [-0.2, 0) is 27.4 Å². The molecule has 0 unspecified atom stereocenters. The van der Waals surface area contributed by atoms with Crippen molar-refractivity contribution in [2.75, 3.05) is 18.9 Å². The highest BCUT2D eigenvalue weighted by Gasteiger charge is 2.17. The molecule has 0 radical (unpaired) electrons. The number of esters is 1. The molecule has 3 aromatic rings. The summed E-state index contributed by atoms with van der Waals surface area (Å²) in [5, 5.41) is 5.94. The smallest absolute Gasteiger partial charge is 0.407 e. The van der Waals surface area contributed by atoms with Gasteiger partial charge in [-0.2, -0.15) is 4.98 Å². The van der Waals surface area contributed by atoms with E-state index >= 15 is 0 Å². The van der Waals surface area contributed by atoms with E-state index in [0.717, 1.165) is 16.8 Å². The van der Waals surface area contributed by atoms with Crippen molar-refractivity contribution < 1.29 is 19.1 Å². The molecule has 40 heavy (non-hydrogen) atoms. The number of ether oxygens (including phenoxy) is 2. The molecule has 2 heterocycles. The van der Waals surface area contributed by atoms with Crippen molar-refractivity contribution in [2.45, 2.75) is 72.3 Å². The lowest BCUT2D eigenvalue weighted by Crippen LogP contribution is -2.32. The van der Waals surface area contributed by atoms with Gasteiger partial charge in [0.05, 0.1) is 18.7 Å². The highest BCUT2D eigenvalue weighted by molar-refractivity contribution is 5.70. The number of carbonyl (C=O) groups is 2. The molecule has 11 nitrogen and oxygen atoms in total. The number of hydrogen-bond acceptors (Lipinski definition) is 10. The molecule has 0 aliphatic carbocycles. The summed E-state index contributed by atoms with van der Waals surface area (Å²) in [7, 11) is 1.97. The van der Waals surface area contributed by atoms with Gasteiger partial charge in [0.1, 0.15) is 17.5 Å². The number of nitrogens with zero attached hydrogens (tertiary/aromatic N) is 5. The van der Waals surface area contributed by atoms with E-state index in [-0.39, 0.29) is 12.5 Å². The van der Waals surface area contributed by atoms with Gasteiger partial charge >= 0.3 is 12.1 Å². The van der Waals surface area contributed by atoms with Crippen LogP contribution in [0, 0.1) is 0 Å². The van der Waals surface area contributed by atoms with Crippen LogP contribution in [0.3, 0.4) is 0 Å². The number of amides is 1. The number of alkyl carbamates (subject to hydrolysis) is 1. The molecule has 1 aromatic carbocycles. The molecule has 2 aromatic heterocycles. The lowest BCUT2D eigenvalue weighted by Gasteiger charge is -2.21. The van der Waals surface area contributed by atoms with Crippen molar-refractivity contribution >= 4 is 23.7 Å². The SMILES string of the molecule is CN(CCC(=O)OC(C)(C)C)Cc1cccc(Nc2ncnc(-c3ccnc(CNC(=O)OC(C)(C)C)c3)n2)c1. The molecule has 0 saturated carbocycles. The number of nitrogens with one attached hydrogen (secondary N) is 2. The Bertz CT molecular complexity index is 1300. The van der Waals surface area contributed by atoms with E-state index < -0.39 is 17.3 Å². The predicted octanol–water partition coefficient (Wildman–Crippen LogP) is 4.87. The van der Waals surface area contributed by atoms with E-state index in [1.807, 2.05) is 78.9 Å². The van der Waals surface area contributed by atoms with Crippen LogP contribution in [0.4, 0.5) is 16.4 Å². The second kappa shape index (κ2) is 13.3. The number of carbonyl (C=O) groups excluding carboxylic acids is 2. The summed E-state index contributed by atoms with van der Waals surface area (Å²) >= 11 is 0. The van der Waals surface area contributed by atoms with Gasteiger partial charge in [0.2, 0.25) is 5.95 Å². The fourth-order valence-electron chi connectivity index (χ4n) is 3.63. The zero-order valence-corrected chi connectivity index (χ0v) is 24.3. The van der Waals surface area contributed by atoms with Crippen molar-refractivity contribution in [3.8, 4) is 11.4 Å². The van der Waals surface area contributed by atoms with Gasteiger partial charge < -0.3 is 25.0 Å². The highest BCUT2D eigenvalue weighted by atomic mass is 16.6. The first-order valence-corrected chi connectivity index (χ1v) is 13.1. The Morgan fingerprint density at radius 2 is 1.70 bits per heavy atom. The summed E-state index contributed by atoms with van der Waals surface area (Å²) in [5.41, 5.74) is 2.21. The monoisotopic (exact) mass is 549 g/mol. The molecule has 0 atom stereocenters. The van der Waals surface area contributed by atoms with Crippen LogP contribution in [0.5, 0.6) is 0 Å². The lowest BCUT2D eigenvalue weighted by atomic mass is 10.2. The zero-order valence-electron chi connectivity index (χ0n) is 24.3. The molecule has 1 amide bonds. The van der Waals surface area contributed by atoms with Crippen LogP contribution < -0.4 is 10.6 Å². The molecule has 11 heteroatoms. The second-order valence-electron chi connectivity index (χ2n) is 11.4. The molecule has 214 valence electrons. The van der Waals surface area contributed by atoms with E-state index in [2.05, 4.69) is 35.5 Å². The molecule has 0 aliphatic rings. The Hall–Kier alpha value is -4.12. The molecular weight excluding hydrogens is 510 g/mol. The summed E-state index contributed by atoms with van der Waals surface area (Å²) in [6.07, 6.45) is 2.90. The summed E-state index contributed by atoms with van der Waals surface area (Å²) in [6, 6.07) is 11.5. The van der Waals surface area contributed by atoms with E-state index in [1.165, 1.54) is 6.33 Å². The Morgan fingerprint density at radius 3 is 2.42 bits per heavy atom. The second-order valence-corrected chi connectivity index (χ2v) is 11.4. The molecular formula is C29H39N7O4. The van der Waals surface area contributed by atoms with Crippen LogP contribution in [0.1, 0.15) is 59.2 Å². The first-order chi connectivity index (χ1) is 18.8. The van der Waals surface area contributed by atoms with E-state index in [9.17, 15) is 9.59 Å². The Morgan fingerprint density at radius 1 is 0.950 bits per heavy atom. The molecule has 0 bridgehead atoms. The van der Waals surface area contributed by atoms with Crippen LogP contribution in [0.15, 0.2) is 48.9 Å². The third-order valence-corrected chi connectivity index (χ3v) is 5.21.